The molecule has 0 spiro atoms. The van der Waals surface area contributed by atoms with Crippen molar-refractivity contribution in [1.82, 2.24) is 5.32 Å². The molecule has 8 heavy (non-hydrogen) atoms. The zero-order valence-corrected chi connectivity index (χ0v) is 4.80. The molecular weight excluding hydrogens is 102 g/mol. The lowest BCUT2D eigenvalue weighted by Crippen LogP contribution is -2.36. The van der Waals surface area contributed by atoms with Gasteiger partial charge in [0.1, 0.15) is 0 Å². The Hall–Kier alpha value is -0.0800. The Morgan fingerprint density at radius 2 is 2.25 bits per heavy atom. The minimum Gasteiger partial charge on any atom is -0.391 e. The van der Waals surface area contributed by atoms with Gasteiger partial charge in [0.05, 0.1) is 6.10 Å². The van der Waals surface area contributed by atoms with Crippen LogP contribution < -0.4 is 5.32 Å². The Morgan fingerprint density at radius 3 is 2.50 bits per heavy atom. The summed E-state index contributed by atoms with van der Waals surface area (Å²) >= 11 is 0. The number of piperidine rings is 1. The lowest BCUT2D eigenvalue weighted by atomic mass is 10.1. The van der Waals surface area contributed by atoms with Crippen molar-refractivity contribution in [2.24, 2.45) is 5.92 Å². The van der Waals surface area contributed by atoms with Crippen LogP contribution in [0.3, 0.4) is 0 Å². The van der Waals surface area contributed by atoms with Gasteiger partial charge in [-0.2, -0.15) is 0 Å². The molecule has 2 rings (SSSR count). The highest BCUT2D eigenvalue weighted by molar-refractivity contribution is 4.95. The van der Waals surface area contributed by atoms with E-state index in [1.165, 1.54) is 6.42 Å². The summed E-state index contributed by atoms with van der Waals surface area (Å²) in [5.74, 6) is 0.787. The fourth-order valence-electron chi connectivity index (χ4n) is 1.82. The molecule has 2 aliphatic rings. The molecule has 2 N–H and O–H groups in total. The van der Waals surface area contributed by atoms with Crippen molar-refractivity contribution in [2.45, 2.75) is 25.0 Å². The van der Waals surface area contributed by atoms with Crippen molar-refractivity contribution < 1.29 is 5.11 Å². The first-order chi connectivity index (χ1) is 3.86. The number of aliphatic hydroxyl groups is 1. The van der Waals surface area contributed by atoms with Crippen LogP contribution in [-0.2, 0) is 0 Å². The van der Waals surface area contributed by atoms with Crippen molar-refractivity contribution >= 4 is 0 Å². The van der Waals surface area contributed by atoms with Crippen LogP contribution >= 0.6 is 0 Å². The molecule has 2 heteroatoms. The zero-order chi connectivity index (χ0) is 5.56. The Balaban J connectivity index is 2.11. The predicted octanol–water partition coefficient (Wildman–Crippen LogP) is -0.271. The van der Waals surface area contributed by atoms with Crippen LogP contribution in [0.25, 0.3) is 0 Å². The van der Waals surface area contributed by atoms with Gasteiger partial charge < -0.3 is 10.4 Å². The Labute approximate surface area is 48.9 Å². The van der Waals surface area contributed by atoms with E-state index in [4.69, 9.17) is 5.11 Å². The minimum atomic E-state index is -0.0336. The van der Waals surface area contributed by atoms with Gasteiger partial charge in [0.15, 0.2) is 0 Å². The molecule has 3 atom stereocenters. The second-order valence-corrected chi connectivity index (χ2v) is 2.92. The number of aliphatic hydroxyl groups excluding tert-OH is 1. The van der Waals surface area contributed by atoms with Gasteiger partial charge in [-0.3, -0.25) is 0 Å². The smallest absolute Gasteiger partial charge is 0.0696 e. The molecule has 1 saturated carbocycles. The van der Waals surface area contributed by atoms with Crippen LogP contribution in [0, 0.1) is 5.92 Å². The lowest BCUT2D eigenvalue weighted by molar-refractivity contribution is 0.134. The van der Waals surface area contributed by atoms with E-state index in [9.17, 15) is 0 Å². The maximum absolute atomic E-state index is 9.16. The number of hydrogen-bond acceptors (Lipinski definition) is 2. The van der Waals surface area contributed by atoms with E-state index in [2.05, 4.69) is 5.32 Å². The van der Waals surface area contributed by atoms with Gasteiger partial charge in [-0.05, 0) is 25.3 Å². The summed E-state index contributed by atoms with van der Waals surface area (Å²) in [6.45, 7) is 1.14. The zero-order valence-electron chi connectivity index (χ0n) is 4.80. The third kappa shape index (κ3) is 0.501. The van der Waals surface area contributed by atoms with Gasteiger partial charge in [-0.25, -0.2) is 0 Å². The molecule has 0 unspecified atom stereocenters. The third-order valence-electron chi connectivity index (χ3n) is 2.30. The van der Waals surface area contributed by atoms with Crippen LogP contribution in [-0.4, -0.2) is 23.8 Å². The first-order valence-corrected chi connectivity index (χ1v) is 3.28. The van der Waals surface area contributed by atoms with E-state index in [1.807, 2.05) is 0 Å². The molecule has 1 aliphatic carbocycles. The van der Waals surface area contributed by atoms with Gasteiger partial charge in [-0.15, -0.1) is 0 Å². The summed E-state index contributed by atoms with van der Waals surface area (Å²) in [5, 5.41) is 12.4. The average molecular weight is 113 g/mol. The molecule has 0 amide bonds. The average Bonchev–Trinajstić information content (AvgIpc) is 2.23. The molecule has 2 nitrogen and oxygen atoms in total. The summed E-state index contributed by atoms with van der Waals surface area (Å²) in [7, 11) is 0. The maximum Gasteiger partial charge on any atom is 0.0696 e. The van der Waals surface area contributed by atoms with Crippen molar-refractivity contribution in [3.8, 4) is 0 Å². The SMILES string of the molecule is O[C@H]1C[C@H]2CN[C@H]1C2. The van der Waals surface area contributed by atoms with Gasteiger partial charge >= 0.3 is 0 Å². The van der Waals surface area contributed by atoms with Crippen molar-refractivity contribution in [1.29, 1.82) is 0 Å². The van der Waals surface area contributed by atoms with E-state index in [1.54, 1.807) is 0 Å². The molecule has 1 aliphatic heterocycles. The van der Waals surface area contributed by atoms with Crippen molar-refractivity contribution in [3.63, 3.8) is 0 Å². The summed E-state index contributed by atoms with van der Waals surface area (Å²) in [6.07, 6.45) is 2.22. The molecule has 0 aromatic rings. The molecule has 46 valence electrons. The second kappa shape index (κ2) is 1.45. The fraction of sp³-hybridized carbons (Fsp3) is 1.00. The Bertz CT molecular complexity index is 103. The quantitative estimate of drug-likeness (QED) is 0.453. The number of hydrogen-bond donors (Lipinski definition) is 2. The summed E-state index contributed by atoms with van der Waals surface area (Å²) in [4.78, 5) is 0. The number of fused-ring (bicyclic) bond motifs is 2. The largest absolute Gasteiger partial charge is 0.391 e. The van der Waals surface area contributed by atoms with Crippen LogP contribution in [0.15, 0.2) is 0 Å². The van der Waals surface area contributed by atoms with E-state index >= 15 is 0 Å². The van der Waals surface area contributed by atoms with E-state index < -0.39 is 0 Å². The predicted molar refractivity (Wildman–Crippen MR) is 30.5 cm³/mol. The first-order valence-electron chi connectivity index (χ1n) is 3.28. The van der Waals surface area contributed by atoms with Crippen molar-refractivity contribution in [3.05, 3.63) is 0 Å². The topological polar surface area (TPSA) is 32.3 Å². The van der Waals surface area contributed by atoms with E-state index in [0.29, 0.717) is 6.04 Å². The highest BCUT2D eigenvalue weighted by Gasteiger charge is 2.37. The monoisotopic (exact) mass is 113 g/mol. The molecule has 0 aromatic heterocycles. The summed E-state index contributed by atoms with van der Waals surface area (Å²) in [5.41, 5.74) is 0. The summed E-state index contributed by atoms with van der Waals surface area (Å²) in [6, 6.07) is 0.444. The Morgan fingerprint density at radius 1 is 1.38 bits per heavy atom. The highest BCUT2D eigenvalue weighted by atomic mass is 16.3. The van der Waals surface area contributed by atoms with Gasteiger partial charge in [0.2, 0.25) is 0 Å². The van der Waals surface area contributed by atoms with Crippen LogP contribution in [0.5, 0.6) is 0 Å². The number of rotatable bonds is 0. The maximum atomic E-state index is 9.16. The summed E-state index contributed by atoms with van der Waals surface area (Å²) < 4.78 is 0. The molecule has 1 heterocycles. The van der Waals surface area contributed by atoms with Crippen LogP contribution in [0.4, 0.5) is 0 Å². The van der Waals surface area contributed by atoms with Crippen LogP contribution in [0.1, 0.15) is 12.8 Å². The standard InChI is InChI=1S/C6H11NO/c8-6-2-4-1-5(6)7-3-4/h4-8H,1-3H2/t4-,5-,6-/m0/s1. The van der Waals surface area contributed by atoms with Crippen molar-refractivity contribution in [2.75, 3.05) is 6.54 Å². The first kappa shape index (κ1) is 4.77. The van der Waals surface area contributed by atoms with Crippen LogP contribution in [0.2, 0.25) is 0 Å². The fourth-order valence-corrected chi connectivity index (χ4v) is 1.82. The third-order valence-corrected chi connectivity index (χ3v) is 2.30. The molecular formula is C6H11NO. The molecule has 2 bridgehead atoms. The molecule has 0 radical (unpaired) electrons. The lowest BCUT2D eigenvalue weighted by Gasteiger charge is -2.16. The van der Waals surface area contributed by atoms with Gasteiger partial charge in [0, 0.05) is 6.04 Å². The number of nitrogens with one attached hydrogen (secondary N) is 1. The van der Waals surface area contributed by atoms with Gasteiger partial charge in [-0.1, -0.05) is 0 Å². The second-order valence-electron chi connectivity index (χ2n) is 2.92. The normalized spacial score (nSPS) is 52.9. The molecule has 0 aromatic carbocycles. The highest BCUT2D eigenvalue weighted by Crippen LogP contribution is 2.30. The van der Waals surface area contributed by atoms with E-state index in [-0.39, 0.29) is 6.10 Å². The Kier molecular flexibility index (Phi) is 0.866. The minimum absolute atomic E-state index is 0.0336. The molecule has 1 saturated heterocycles. The van der Waals surface area contributed by atoms with E-state index in [0.717, 1.165) is 18.9 Å². The molecule has 2 fully saturated rings. The van der Waals surface area contributed by atoms with Gasteiger partial charge in [0.25, 0.3) is 0 Å².